The lowest BCUT2D eigenvalue weighted by Crippen LogP contribution is -2.43. The van der Waals surface area contributed by atoms with Gasteiger partial charge in [0, 0.05) is 25.8 Å². The predicted octanol–water partition coefficient (Wildman–Crippen LogP) is 3.08. The highest BCUT2D eigenvalue weighted by Gasteiger charge is 2.21. The van der Waals surface area contributed by atoms with Crippen molar-refractivity contribution in [1.82, 2.24) is 15.4 Å². The number of urea groups is 1. The van der Waals surface area contributed by atoms with Crippen molar-refractivity contribution in [2.45, 2.75) is 25.5 Å². The molecule has 0 bridgehead atoms. The van der Waals surface area contributed by atoms with Crippen LogP contribution in [-0.2, 0) is 11.3 Å². The first-order valence-electron chi connectivity index (χ1n) is 8.56. The Morgan fingerprint density at radius 2 is 2.20 bits per heavy atom. The lowest BCUT2D eigenvalue weighted by atomic mass is 10.2. The molecule has 3 rings (SSSR count). The third-order valence-electron chi connectivity index (χ3n) is 4.08. The van der Waals surface area contributed by atoms with Crippen molar-refractivity contribution in [3.63, 3.8) is 0 Å². The zero-order chi connectivity index (χ0) is 17.3. The van der Waals surface area contributed by atoms with Crippen molar-refractivity contribution < 1.29 is 14.1 Å². The predicted molar refractivity (Wildman–Crippen MR) is 94.8 cm³/mol. The van der Waals surface area contributed by atoms with Crippen molar-refractivity contribution in [3.8, 4) is 0 Å². The van der Waals surface area contributed by atoms with Gasteiger partial charge in [-0.1, -0.05) is 47.6 Å². The highest BCUT2D eigenvalue weighted by Crippen LogP contribution is 2.14. The van der Waals surface area contributed by atoms with Crippen molar-refractivity contribution >= 4 is 12.1 Å². The van der Waals surface area contributed by atoms with Crippen LogP contribution in [0.5, 0.6) is 0 Å². The van der Waals surface area contributed by atoms with Gasteiger partial charge in [0.2, 0.25) is 0 Å². The number of ether oxygens (including phenoxy) is 1. The number of hydrogen-bond acceptors (Lipinski definition) is 4. The van der Waals surface area contributed by atoms with Gasteiger partial charge in [0.1, 0.15) is 12.0 Å². The van der Waals surface area contributed by atoms with Gasteiger partial charge in [-0.05, 0) is 18.4 Å². The van der Waals surface area contributed by atoms with Crippen LogP contribution in [0.3, 0.4) is 0 Å². The number of rotatable bonds is 7. The van der Waals surface area contributed by atoms with Crippen molar-refractivity contribution in [3.05, 3.63) is 60.0 Å². The Balaban J connectivity index is 1.57. The molecule has 1 atom stereocenters. The summed E-state index contributed by atoms with van der Waals surface area (Å²) in [5.41, 5.74) is 1.81. The number of aromatic nitrogens is 1. The molecule has 1 fully saturated rings. The molecule has 1 N–H and O–H groups in total. The highest BCUT2D eigenvalue weighted by atomic mass is 16.5. The quantitative estimate of drug-likeness (QED) is 0.840. The van der Waals surface area contributed by atoms with Crippen LogP contribution in [0.4, 0.5) is 4.79 Å². The summed E-state index contributed by atoms with van der Waals surface area (Å²) in [4.78, 5) is 14.3. The van der Waals surface area contributed by atoms with Crippen LogP contribution in [0.25, 0.3) is 6.08 Å². The lowest BCUT2D eigenvalue weighted by molar-refractivity contribution is 0.0841. The summed E-state index contributed by atoms with van der Waals surface area (Å²) in [5, 5.41) is 6.69. The molecule has 2 heterocycles. The Labute approximate surface area is 147 Å². The normalized spacial score (nSPS) is 17.0. The molecular weight excluding hydrogens is 318 g/mol. The number of nitrogens with one attached hydrogen (secondary N) is 1. The SMILES string of the molecule is O=C(NCc1ccon1)N(C/C=C/c1ccccc1)C[C@H]1CCCO1. The van der Waals surface area contributed by atoms with E-state index in [1.165, 1.54) is 6.26 Å². The van der Waals surface area contributed by atoms with Crippen molar-refractivity contribution in [2.24, 2.45) is 0 Å². The first-order valence-corrected chi connectivity index (χ1v) is 8.56. The summed E-state index contributed by atoms with van der Waals surface area (Å²) in [5.74, 6) is 0. The van der Waals surface area contributed by atoms with Crippen LogP contribution in [0.1, 0.15) is 24.1 Å². The van der Waals surface area contributed by atoms with E-state index in [0.717, 1.165) is 25.0 Å². The minimum Gasteiger partial charge on any atom is -0.376 e. The number of carbonyl (C=O) groups is 1. The molecule has 6 heteroatoms. The van der Waals surface area contributed by atoms with Gasteiger partial charge in [0.15, 0.2) is 0 Å². The zero-order valence-electron chi connectivity index (χ0n) is 14.1. The Hall–Kier alpha value is -2.60. The van der Waals surface area contributed by atoms with E-state index in [-0.39, 0.29) is 12.1 Å². The molecule has 0 unspecified atom stereocenters. The van der Waals surface area contributed by atoms with Gasteiger partial charge in [0.25, 0.3) is 0 Å². The summed E-state index contributed by atoms with van der Waals surface area (Å²) < 4.78 is 10.5. The lowest BCUT2D eigenvalue weighted by Gasteiger charge is -2.24. The third kappa shape index (κ3) is 5.46. The standard InChI is InChI=1S/C19H23N3O3/c23-19(20-14-17-10-13-25-21-17)22(15-18-9-5-12-24-18)11-4-8-16-6-2-1-3-7-16/h1-4,6-8,10,13,18H,5,9,11-12,14-15H2,(H,20,23)/b8-4+/t18-/m1/s1. The van der Waals surface area contributed by atoms with E-state index in [0.29, 0.717) is 25.3 Å². The van der Waals surface area contributed by atoms with Crippen LogP contribution in [0, 0.1) is 0 Å². The minimum absolute atomic E-state index is 0.114. The molecule has 1 aliphatic rings. The smallest absolute Gasteiger partial charge is 0.318 e. The number of nitrogens with zero attached hydrogens (tertiary/aromatic N) is 2. The van der Waals surface area contributed by atoms with Crippen LogP contribution < -0.4 is 5.32 Å². The van der Waals surface area contributed by atoms with Gasteiger partial charge in [-0.25, -0.2) is 4.79 Å². The second-order valence-corrected chi connectivity index (χ2v) is 6.00. The maximum atomic E-state index is 12.5. The van der Waals surface area contributed by atoms with Crippen molar-refractivity contribution in [2.75, 3.05) is 19.7 Å². The Morgan fingerprint density at radius 3 is 2.92 bits per heavy atom. The van der Waals surface area contributed by atoms with Crippen LogP contribution in [-0.4, -0.2) is 41.9 Å². The average Bonchev–Trinajstić information content (AvgIpc) is 3.33. The maximum absolute atomic E-state index is 12.5. The molecule has 1 aliphatic heterocycles. The van der Waals surface area contributed by atoms with Crippen LogP contribution >= 0.6 is 0 Å². The Bertz CT molecular complexity index is 664. The van der Waals surface area contributed by atoms with E-state index in [1.54, 1.807) is 11.0 Å². The molecule has 132 valence electrons. The fraction of sp³-hybridized carbons (Fsp3) is 0.368. The second-order valence-electron chi connectivity index (χ2n) is 6.00. The number of carbonyl (C=O) groups excluding carboxylic acids is 1. The van der Waals surface area contributed by atoms with Gasteiger partial charge < -0.3 is 19.5 Å². The van der Waals surface area contributed by atoms with Gasteiger partial charge in [-0.3, -0.25) is 0 Å². The first-order chi connectivity index (χ1) is 12.3. The fourth-order valence-electron chi connectivity index (χ4n) is 2.76. The molecule has 25 heavy (non-hydrogen) atoms. The van der Waals surface area contributed by atoms with E-state index in [1.807, 2.05) is 42.5 Å². The third-order valence-corrected chi connectivity index (χ3v) is 4.08. The molecule has 6 nitrogen and oxygen atoms in total. The zero-order valence-corrected chi connectivity index (χ0v) is 14.1. The molecule has 1 aromatic carbocycles. The van der Waals surface area contributed by atoms with Gasteiger partial charge >= 0.3 is 6.03 Å². The fourth-order valence-corrected chi connectivity index (χ4v) is 2.76. The van der Waals surface area contributed by atoms with Crippen molar-refractivity contribution in [1.29, 1.82) is 0 Å². The summed E-state index contributed by atoms with van der Waals surface area (Å²) in [6.45, 7) is 2.24. The van der Waals surface area contributed by atoms with Crippen LogP contribution in [0.2, 0.25) is 0 Å². The van der Waals surface area contributed by atoms with E-state index < -0.39 is 0 Å². The molecule has 1 aromatic heterocycles. The van der Waals surface area contributed by atoms with Gasteiger partial charge in [-0.2, -0.15) is 0 Å². The summed E-state index contributed by atoms with van der Waals surface area (Å²) in [7, 11) is 0. The second kappa shape index (κ2) is 9.03. The number of benzene rings is 1. The molecule has 1 saturated heterocycles. The molecular formula is C19H23N3O3. The Kier molecular flexibility index (Phi) is 6.23. The van der Waals surface area contributed by atoms with E-state index in [9.17, 15) is 4.79 Å². The van der Waals surface area contributed by atoms with E-state index in [2.05, 4.69) is 10.5 Å². The molecule has 0 saturated carbocycles. The molecule has 0 radical (unpaired) electrons. The molecule has 2 amide bonds. The maximum Gasteiger partial charge on any atom is 0.318 e. The molecule has 0 aliphatic carbocycles. The molecule has 2 aromatic rings. The summed E-state index contributed by atoms with van der Waals surface area (Å²) in [6.07, 6.45) is 7.68. The van der Waals surface area contributed by atoms with Gasteiger partial charge in [-0.15, -0.1) is 0 Å². The minimum atomic E-state index is -0.129. The monoisotopic (exact) mass is 341 g/mol. The number of hydrogen-bond donors (Lipinski definition) is 1. The van der Waals surface area contributed by atoms with E-state index >= 15 is 0 Å². The average molecular weight is 341 g/mol. The van der Waals surface area contributed by atoms with Crippen LogP contribution in [0.15, 0.2) is 53.3 Å². The van der Waals surface area contributed by atoms with E-state index in [4.69, 9.17) is 9.26 Å². The molecule has 0 spiro atoms. The first kappa shape index (κ1) is 17.2. The largest absolute Gasteiger partial charge is 0.376 e. The number of amides is 2. The topological polar surface area (TPSA) is 67.6 Å². The summed E-state index contributed by atoms with van der Waals surface area (Å²) >= 11 is 0. The highest BCUT2D eigenvalue weighted by molar-refractivity contribution is 5.74. The summed E-state index contributed by atoms with van der Waals surface area (Å²) in [6, 6.07) is 11.6. The van der Waals surface area contributed by atoms with Gasteiger partial charge in [0.05, 0.1) is 12.6 Å². The Morgan fingerprint density at radius 1 is 1.32 bits per heavy atom.